The van der Waals surface area contributed by atoms with Crippen molar-refractivity contribution in [1.82, 2.24) is 4.31 Å². The third kappa shape index (κ3) is 3.14. The van der Waals surface area contributed by atoms with Crippen molar-refractivity contribution in [2.45, 2.75) is 5.75 Å². The van der Waals surface area contributed by atoms with Crippen LogP contribution in [0.3, 0.4) is 0 Å². The molecule has 0 aromatic heterocycles. The fourth-order valence-corrected chi connectivity index (χ4v) is 3.54. The van der Waals surface area contributed by atoms with E-state index in [9.17, 15) is 8.42 Å². The molecule has 0 unspecified atom stereocenters. The average molecular weight is 291 g/mol. The molecule has 0 bridgehead atoms. The molecule has 2 N–H and O–H groups in total. The predicted molar refractivity (Wildman–Crippen MR) is 70.9 cm³/mol. The first kappa shape index (κ1) is 13.6. The zero-order chi connectivity index (χ0) is 13.2. The van der Waals surface area contributed by atoms with Crippen LogP contribution in [0.4, 0.5) is 5.69 Å². The summed E-state index contributed by atoms with van der Waals surface area (Å²) in [6.07, 6.45) is 0. The third-order valence-electron chi connectivity index (χ3n) is 2.81. The van der Waals surface area contributed by atoms with E-state index in [1.54, 1.807) is 18.2 Å². The van der Waals surface area contributed by atoms with E-state index < -0.39 is 10.0 Å². The normalized spacial score (nSPS) is 17.8. The van der Waals surface area contributed by atoms with E-state index in [0.717, 1.165) is 0 Å². The van der Waals surface area contributed by atoms with Gasteiger partial charge >= 0.3 is 0 Å². The Labute approximate surface area is 112 Å². The Hall–Kier alpha value is -0.820. The van der Waals surface area contributed by atoms with Crippen molar-refractivity contribution in [3.8, 4) is 0 Å². The van der Waals surface area contributed by atoms with E-state index >= 15 is 0 Å². The topological polar surface area (TPSA) is 72.6 Å². The molecular formula is C11H15ClN2O3S. The summed E-state index contributed by atoms with van der Waals surface area (Å²) >= 11 is 5.85. The molecule has 0 aliphatic carbocycles. The first-order valence-electron chi connectivity index (χ1n) is 5.58. The molecule has 2 rings (SSSR count). The SMILES string of the molecule is Nc1ccc(Cl)cc1CS(=O)(=O)N1CCOCC1. The van der Waals surface area contributed by atoms with Gasteiger partial charge in [-0.1, -0.05) is 11.6 Å². The fourth-order valence-electron chi connectivity index (χ4n) is 1.81. The van der Waals surface area contributed by atoms with Crippen LogP contribution in [0.2, 0.25) is 5.02 Å². The van der Waals surface area contributed by atoms with Gasteiger partial charge in [-0.05, 0) is 23.8 Å². The van der Waals surface area contributed by atoms with Crippen LogP contribution >= 0.6 is 11.6 Å². The van der Waals surface area contributed by atoms with Gasteiger partial charge in [0, 0.05) is 23.8 Å². The van der Waals surface area contributed by atoms with Crippen LogP contribution in [0.1, 0.15) is 5.56 Å². The Bertz CT molecular complexity index is 527. The van der Waals surface area contributed by atoms with Gasteiger partial charge in [0.2, 0.25) is 10.0 Å². The third-order valence-corrected chi connectivity index (χ3v) is 4.87. The average Bonchev–Trinajstić information content (AvgIpc) is 2.35. The number of hydrogen-bond donors (Lipinski definition) is 1. The standard InChI is InChI=1S/C11H15ClN2O3S/c12-10-1-2-11(13)9(7-10)8-18(15,16)14-3-5-17-6-4-14/h1-2,7H,3-6,8,13H2. The Morgan fingerprint density at radius 2 is 2.00 bits per heavy atom. The molecule has 18 heavy (non-hydrogen) atoms. The van der Waals surface area contributed by atoms with Crippen molar-refractivity contribution in [3.63, 3.8) is 0 Å². The Kier molecular flexibility index (Phi) is 4.11. The number of anilines is 1. The maximum absolute atomic E-state index is 12.2. The smallest absolute Gasteiger partial charge is 0.218 e. The largest absolute Gasteiger partial charge is 0.398 e. The van der Waals surface area contributed by atoms with E-state index in [1.165, 1.54) is 4.31 Å². The minimum Gasteiger partial charge on any atom is -0.398 e. The van der Waals surface area contributed by atoms with Crippen LogP contribution < -0.4 is 5.73 Å². The first-order chi connectivity index (χ1) is 8.49. The van der Waals surface area contributed by atoms with Crippen molar-refractivity contribution < 1.29 is 13.2 Å². The second-order valence-corrected chi connectivity index (χ2v) is 6.52. The molecule has 100 valence electrons. The molecular weight excluding hydrogens is 276 g/mol. The van der Waals surface area contributed by atoms with Crippen molar-refractivity contribution in [3.05, 3.63) is 28.8 Å². The van der Waals surface area contributed by atoms with Crippen LogP contribution in [0, 0.1) is 0 Å². The molecule has 1 aromatic carbocycles. The highest BCUT2D eigenvalue weighted by molar-refractivity contribution is 7.88. The number of nitrogens with two attached hydrogens (primary N) is 1. The zero-order valence-corrected chi connectivity index (χ0v) is 11.4. The number of morpholine rings is 1. The molecule has 5 nitrogen and oxygen atoms in total. The number of nitrogen functional groups attached to an aromatic ring is 1. The number of benzene rings is 1. The summed E-state index contributed by atoms with van der Waals surface area (Å²) in [6.45, 7) is 1.65. The quantitative estimate of drug-likeness (QED) is 0.846. The second kappa shape index (κ2) is 5.44. The molecule has 1 aromatic rings. The van der Waals surface area contributed by atoms with Crippen molar-refractivity contribution >= 4 is 27.3 Å². The number of halogens is 1. The monoisotopic (exact) mass is 290 g/mol. The highest BCUT2D eigenvalue weighted by atomic mass is 35.5. The predicted octanol–water partition coefficient (Wildman–Crippen LogP) is 1.08. The maximum atomic E-state index is 12.2. The fraction of sp³-hybridized carbons (Fsp3) is 0.455. The van der Waals surface area contributed by atoms with Gasteiger partial charge in [-0.3, -0.25) is 0 Å². The second-order valence-electron chi connectivity index (χ2n) is 4.11. The van der Waals surface area contributed by atoms with Gasteiger partial charge in [0.15, 0.2) is 0 Å². The molecule has 1 fully saturated rings. The number of sulfonamides is 1. The Morgan fingerprint density at radius 3 is 2.67 bits per heavy atom. The zero-order valence-electron chi connectivity index (χ0n) is 9.80. The molecule has 0 atom stereocenters. The van der Waals surface area contributed by atoms with Gasteiger partial charge in [0.05, 0.1) is 19.0 Å². The van der Waals surface area contributed by atoms with Gasteiger partial charge in [-0.15, -0.1) is 0 Å². The highest BCUT2D eigenvalue weighted by Gasteiger charge is 2.25. The summed E-state index contributed by atoms with van der Waals surface area (Å²) in [6, 6.07) is 4.85. The van der Waals surface area contributed by atoms with Gasteiger partial charge in [-0.2, -0.15) is 4.31 Å². The molecule has 1 aliphatic heterocycles. The molecule has 0 radical (unpaired) electrons. The van der Waals surface area contributed by atoms with Crippen LogP contribution in [0.15, 0.2) is 18.2 Å². The van der Waals surface area contributed by atoms with Crippen LogP contribution in [0.25, 0.3) is 0 Å². The summed E-state index contributed by atoms with van der Waals surface area (Å²) in [5, 5.41) is 0.483. The summed E-state index contributed by atoms with van der Waals surface area (Å²) in [4.78, 5) is 0. The summed E-state index contributed by atoms with van der Waals surface area (Å²) in [5.74, 6) is -0.126. The van der Waals surface area contributed by atoms with E-state index in [-0.39, 0.29) is 5.75 Å². The van der Waals surface area contributed by atoms with Crippen molar-refractivity contribution in [2.24, 2.45) is 0 Å². The van der Waals surface area contributed by atoms with Crippen LogP contribution in [-0.4, -0.2) is 39.0 Å². The first-order valence-corrected chi connectivity index (χ1v) is 7.57. The van der Waals surface area contributed by atoms with Crippen molar-refractivity contribution in [2.75, 3.05) is 32.0 Å². The summed E-state index contributed by atoms with van der Waals surface area (Å²) in [7, 11) is -3.36. The van der Waals surface area contributed by atoms with E-state index in [2.05, 4.69) is 0 Å². The van der Waals surface area contributed by atoms with Crippen molar-refractivity contribution in [1.29, 1.82) is 0 Å². The number of nitrogens with zero attached hydrogens (tertiary/aromatic N) is 1. The minimum absolute atomic E-state index is 0.126. The lowest BCUT2D eigenvalue weighted by Crippen LogP contribution is -2.41. The molecule has 1 aliphatic rings. The van der Waals surface area contributed by atoms with Gasteiger partial charge < -0.3 is 10.5 Å². The maximum Gasteiger partial charge on any atom is 0.218 e. The van der Waals surface area contributed by atoms with E-state index in [0.29, 0.717) is 42.6 Å². The van der Waals surface area contributed by atoms with Crippen LogP contribution in [0.5, 0.6) is 0 Å². The van der Waals surface area contributed by atoms with Crippen LogP contribution in [-0.2, 0) is 20.5 Å². The van der Waals surface area contributed by atoms with Gasteiger partial charge in [0.1, 0.15) is 0 Å². The lowest BCUT2D eigenvalue weighted by molar-refractivity contribution is 0.0729. The molecule has 0 saturated carbocycles. The number of ether oxygens (including phenoxy) is 1. The number of hydrogen-bond acceptors (Lipinski definition) is 4. The molecule has 1 saturated heterocycles. The summed E-state index contributed by atoms with van der Waals surface area (Å²) in [5.41, 5.74) is 6.74. The summed E-state index contributed by atoms with van der Waals surface area (Å²) < 4.78 is 30.9. The molecule has 0 spiro atoms. The Morgan fingerprint density at radius 1 is 1.33 bits per heavy atom. The number of rotatable bonds is 3. The van der Waals surface area contributed by atoms with E-state index in [1.807, 2.05) is 0 Å². The molecule has 1 heterocycles. The Balaban J connectivity index is 2.18. The molecule has 0 amide bonds. The van der Waals surface area contributed by atoms with Gasteiger partial charge in [0.25, 0.3) is 0 Å². The van der Waals surface area contributed by atoms with Gasteiger partial charge in [-0.25, -0.2) is 8.42 Å². The lowest BCUT2D eigenvalue weighted by atomic mass is 10.2. The minimum atomic E-state index is -3.36. The van der Waals surface area contributed by atoms with E-state index in [4.69, 9.17) is 22.1 Å². The lowest BCUT2D eigenvalue weighted by Gasteiger charge is -2.26. The highest BCUT2D eigenvalue weighted by Crippen LogP contribution is 2.21. The molecule has 7 heteroatoms.